The van der Waals surface area contributed by atoms with Gasteiger partial charge in [-0.05, 0) is 39.5 Å². The SMILES string of the molecule is Cc1cc(=O)[nH]c([C@]2(C)CCCN2C(=O)C2CCCCC2)n1. The van der Waals surface area contributed by atoms with Gasteiger partial charge in [-0.15, -0.1) is 0 Å². The summed E-state index contributed by atoms with van der Waals surface area (Å²) in [4.78, 5) is 34.1. The molecular formula is C17H25N3O2. The second-order valence-corrected chi connectivity index (χ2v) is 6.94. The standard InChI is InChI=1S/C17H25N3O2/c1-12-11-14(21)19-16(18-12)17(2)9-6-10-20(17)15(22)13-7-4-3-5-8-13/h11,13H,3-10H2,1-2H3,(H,18,19,21)/t17-/m0/s1. The molecule has 1 saturated heterocycles. The van der Waals surface area contributed by atoms with Crippen molar-refractivity contribution in [3.8, 4) is 0 Å². The van der Waals surface area contributed by atoms with E-state index in [-0.39, 0.29) is 17.4 Å². The van der Waals surface area contributed by atoms with Gasteiger partial charge in [0, 0.05) is 24.2 Å². The molecule has 1 atom stereocenters. The van der Waals surface area contributed by atoms with Crippen LogP contribution in [0.5, 0.6) is 0 Å². The largest absolute Gasteiger partial charge is 0.330 e. The molecule has 120 valence electrons. The van der Waals surface area contributed by atoms with Crippen molar-refractivity contribution in [2.45, 2.75) is 64.3 Å². The van der Waals surface area contributed by atoms with E-state index in [1.54, 1.807) is 0 Å². The number of nitrogens with zero attached hydrogens (tertiary/aromatic N) is 2. The van der Waals surface area contributed by atoms with Crippen molar-refractivity contribution in [2.75, 3.05) is 6.54 Å². The molecule has 0 radical (unpaired) electrons. The van der Waals surface area contributed by atoms with Gasteiger partial charge < -0.3 is 9.88 Å². The molecule has 0 spiro atoms. The first kappa shape index (κ1) is 15.3. The van der Waals surface area contributed by atoms with Crippen LogP contribution in [-0.4, -0.2) is 27.3 Å². The first-order valence-electron chi connectivity index (χ1n) is 8.40. The highest BCUT2D eigenvalue weighted by Gasteiger charge is 2.44. The van der Waals surface area contributed by atoms with Gasteiger partial charge in [0.05, 0.1) is 5.54 Å². The maximum atomic E-state index is 13.0. The van der Waals surface area contributed by atoms with E-state index in [9.17, 15) is 9.59 Å². The molecule has 1 aromatic heterocycles. The van der Waals surface area contributed by atoms with Gasteiger partial charge in [0.1, 0.15) is 5.82 Å². The number of hydrogen-bond acceptors (Lipinski definition) is 3. The molecule has 0 bridgehead atoms. The smallest absolute Gasteiger partial charge is 0.251 e. The van der Waals surface area contributed by atoms with E-state index in [2.05, 4.69) is 9.97 Å². The number of hydrogen-bond donors (Lipinski definition) is 1. The zero-order valence-electron chi connectivity index (χ0n) is 13.5. The van der Waals surface area contributed by atoms with Crippen LogP contribution in [0.2, 0.25) is 0 Å². The lowest BCUT2D eigenvalue weighted by molar-refractivity contribution is -0.141. The number of carbonyl (C=O) groups excluding carboxylic acids is 1. The van der Waals surface area contributed by atoms with Crippen molar-refractivity contribution >= 4 is 5.91 Å². The monoisotopic (exact) mass is 303 g/mol. The summed E-state index contributed by atoms with van der Waals surface area (Å²) in [6.07, 6.45) is 7.38. The summed E-state index contributed by atoms with van der Waals surface area (Å²) in [5, 5.41) is 0. The van der Waals surface area contributed by atoms with Crippen LogP contribution in [0.3, 0.4) is 0 Å². The second-order valence-electron chi connectivity index (χ2n) is 6.94. The fourth-order valence-electron chi connectivity index (χ4n) is 3.97. The highest BCUT2D eigenvalue weighted by Crippen LogP contribution is 2.39. The number of carbonyl (C=O) groups is 1. The predicted molar refractivity (Wildman–Crippen MR) is 84.5 cm³/mol. The molecule has 5 nitrogen and oxygen atoms in total. The molecule has 1 aromatic rings. The number of aryl methyl sites for hydroxylation is 1. The molecular weight excluding hydrogens is 278 g/mol. The third-order valence-corrected chi connectivity index (χ3v) is 5.24. The van der Waals surface area contributed by atoms with Crippen LogP contribution in [0.4, 0.5) is 0 Å². The first-order valence-corrected chi connectivity index (χ1v) is 8.40. The van der Waals surface area contributed by atoms with Crippen molar-refractivity contribution in [2.24, 2.45) is 5.92 Å². The van der Waals surface area contributed by atoms with E-state index < -0.39 is 5.54 Å². The van der Waals surface area contributed by atoms with Gasteiger partial charge in [0.25, 0.3) is 5.56 Å². The minimum absolute atomic E-state index is 0.138. The Labute approximate surface area is 131 Å². The van der Waals surface area contributed by atoms with Gasteiger partial charge >= 0.3 is 0 Å². The van der Waals surface area contributed by atoms with Crippen molar-refractivity contribution in [1.82, 2.24) is 14.9 Å². The maximum Gasteiger partial charge on any atom is 0.251 e. The summed E-state index contributed by atoms with van der Waals surface area (Å²) in [6.45, 7) is 4.63. The second kappa shape index (κ2) is 5.86. The number of H-pyrrole nitrogens is 1. The Morgan fingerprint density at radius 1 is 1.32 bits per heavy atom. The number of nitrogens with one attached hydrogen (secondary N) is 1. The molecule has 2 fully saturated rings. The van der Waals surface area contributed by atoms with Crippen LogP contribution in [0.25, 0.3) is 0 Å². The minimum Gasteiger partial charge on any atom is -0.330 e. The lowest BCUT2D eigenvalue weighted by Crippen LogP contribution is -2.47. The van der Waals surface area contributed by atoms with Gasteiger partial charge in [-0.25, -0.2) is 4.98 Å². The third-order valence-electron chi connectivity index (χ3n) is 5.24. The van der Waals surface area contributed by atoms with E-state index in [4.69, 9.17) is 0 Å². The molecule has 0 aromatic carbocycles. The Kier molecular flexibility index (Phi) is 4.06. The molecule has 1 aliphatic carbocycles. The topological polar surface area (TPSA) is 66.1 Å². The van der Waals surface area contributed by atoms with Crippen LogP contribution in [0, 0.1) is 12.8 Å². The van der Waals surface area contributed by atoms with Gasteiger partial charge in [-0.1, -0.05) is 19.3 Å². The van der Waals surface area contributed by atoms with Gasteiger partial charge in [-0.2, -0.15) is 0 Å². The molecule has 2 heterocycles. The molecule has 1 saturated carbocycles. The number of amides is 1. The summed E-state index contributed by atoms with van der Waals surface area (Å²) >= 11 is 0. The van der Waals surface area contributed by atoms with Crippen LogP contribution in [0.15, 0.2) is 10.9 Å². The summed E-state index contributed by atoms with van der Waals surface area (Å²) in [6, 6.07) is 1.50. The Hall–Kier alpha value is -1.65. The fraction of sp³-hybridized carbons (Fsp3) is 0.706. The maximum absolute atomic E-state index is 13.0. The minimum atomic E-state index is -0.473. The third kappa shape index (κ3) is 2.69. The van der Waals surface area contributed by atoms with Gasteiger partial charge in [0.15, 0.2) is 0 Å². The Morgan fingerprint density at radius 2 is 2.05 bits per heavy atom. The van der Waals surface area contributed by atoms with E-state index >= 15 is 0 Å². The van der Waals surface area contributed by atoms with E-state index in [1.165, 1.54) is 12.5 Å². The van der Waals surface area contributed by atoms with Crippen molar-refractivity contribution in [3.63, 3.8) is 0 Å². The predicted octanol–water partition coefficient (Wildman–Crippen LogP) is 2.50. The molecule has 1 N–H and O–H groups in total. The number of rotatable bonds is 2. The Balaban J connectivity index is 1.90. The van der Waals surface area contributed by atoms with E-state index in [0.717, 1.165) is 45.1 Å². The summed E-state index contributed by atoms with van der Waals surface area (Å²) in [7, 11) is 0. The van der Waals surface area contributed by atoms with E-state index in [1.807, 2.05) is 18.7 Å². The van der Waals surface area contributed by atoms with Crippen molar-refractivity contribution in [3.05, 3.63) is 27.9 Å². The lowest BCUT2D eigenvalue weighted by atomic mass is 9.87. The summed E-state index contributed by atoms with van der Waals surface area (Å²) in [5.41, 5.74) is 0.0947. The van der Waals surface area contributed by atoms with Gasteiger partial charge in [-0.3, -0.25) is 9.59 Å². The molecule has 1 aliphatic heterocycles. The average Bonchev–Trinajstić information content (AvgIpc) is 2.90. The number of likely N-dealkylation sites (tertiary alicyclic amines) is 1. The molecule has 22 heavy (non-hydrogen) atoms. The van der Waals surface area contributed by atoms with Crippen LogP contribution >= 0.6 is 0 Å². The zero-order valence-corrected chi connectivity index (χ0v) is 13.5. The molecule has 2 aliphatic rings. The van der Waals surface area contributed by atoms with Crippen LogP contribution in [0.1, 0.15) is 63.4 Å². The summed E-state index contributed by atoms with van der Waals surface area (Å²) < 4.78 is 0. The number of aromatic nitrogens is 2. The zero-order chi connectivity index (χ0) is 15.7. The number of aromatic amines is 1. The average molecular weight is 303 g/mol. The normalized spacial score (nSPS) is 26.4. The molecule has 5 heteroatoms. The lowest BCUT2D eigenvalue weighted by Gasteiger charge is -2.37. The first-order chi connectivity index (χ1) is 10.5. The Morgan fingerprint density at radius 3 is 2.73 bits per heavy atom. The van der Waals surface area contributed by atoms with Crippen LogP contribution in [-0.2, 0) is 10.3 Å². The van der Waals surface area contributed by atoms with Crippen LogP contribution < -0.4 is 5.56 Å². The van der Waals surface area contributed by atoms with Gasteiger partial charge in [0.2, 0.25) is 5.91 Å². The van der Waals surface area contributed by atoms with E-state index in [0.29, 0.717) is 11.5 Å². The fourth-order valence-corrected chi connectivity index (χ4v) is 3.97. The molecule has 3 rings (SSSR count). The molecule has 0 unspecified atom stereocenters. The van der Waals surface area contributed by atoms with Crippen molar-refractivity contribution < 1.29 is 4.79 Å². The Bertz CT molecular complexity index is 619. The highest BCUT2D eigenvalue weighted by molar-refractivity contribution is 5.80. The van der Waals surface area contributed by atoms with Crippen molar-refractivity contribution in [1.29, 1.82) is 0 Å². The highest BCUT2D eigenvalue weighted by atomic mass is 16.2. The quantitative estimate of drug-likeness (QED) is 0.913. The summed E-state index contributed by atoms with van der Waals surface area (Å²) in [5.74, 6) is 1.05. The molecule has 1 amide bonds.